The molecule has 168 valence electrons. The lowest BCUT2D eigenvalue weighted by molar-refractivity contribution is -0.130. The fourth-order valence-corrected chi connectivity index (χ4v) is 4.56. The van der Waals surface area contributed by atoms with Crippen LogP contribution < -0.4 is 19.7 Å². The summed E-state index contributed by atoms with van der Waals surface area (Å²) in [6.45, 7) is 5.22. The van der Waals surface area contributed by atoms with Crippen molar-refractivity contribution in [1.82, 2.24) is 25.1 Å². The van der Waals surface area contributed by atoms with Crippen LogP contribution in [0.1, 0.15) is 19.8 Å². The minimum absolute atomic E-state index is 0.192. The number of para-hydroxylation sites is 2. The zero-order valence-corrected chi connectivity index (χ0v) is 18.8. The number of amides is 1. The molecular weight excluding hydrogens is 428 g/mol. The number of thioether (sulfide) groups is 1. The molecule has 2 aromatic heterocycles. The Hall–Kier alpha value is -3.01. The normalized spacial score (nSPS) is 17.7. The molecule has 0 aliphatic carbocycles. The van der Waals surface area contributed by atoms with E-state index in [2.05, 4.69) is 22.2 Å². The number of nitrogens with zero attached hydrogens (tertiary/aromatic N) is 5. The van der Waals surface area contributed by atoms with Crippen LogP contribution in [-0.2, 0) is 11.3 Å². The number of fused-ring (bicyclic) bond motifs is 2. The van der Waals surface area contributed by atoms with E-state index < -0.39 is 6.10 Å². The number of carbonyl (C=O) groups excluding carboxylic acids is 1. The van der Waals surface area contributed by atoms with Gasteiger partial charge in [0.15, 0.2) is 22.3 Å². The highest BCUT2D eigenvalue weighted by molar-refractivity contribution is 7.99. The van der Waals surface area contributed by atoms with Crippen LogP contribution >= 0.6 is 11.8 Å². The molecule has 1 saturated heterocycles. The molecule has 1 unspecified atom stereocenters. The predicted molar refractivity (Wildman–Crippen MR) is 123 cm³/mol. The van der Waals surface area contributed by atoms with Crippen molar-refractivity contribution >= 4 is 34.5 Å². The first-order chi connectivity index (χ1) is 15.7. The number of benzene rings is 1. The van der Waals surface area contributed by atoms with Crippen molar-refractivity contribution in [1.29, 1.82) is 0 Å². The smallest absolute Gasteiger partial charge is 0.264 e. The van der Waals surface area contributed by atoms with E-state index in [1.165, 1.54) is 12.8 Å². The van der Waals surface area contributed by atoms with Gasteiger partial charge in [-0.1, -0.05) is 30.8 Å². The van der Waals surface area contributed by atoms with Crippen molar-refractivity contribution in [2.24, 2.45) is 0 Å². The van der Waals surface area contributed by atoms with Crippen molar-refractivity contribution < 1.29 is 14.3 Å². The van der Waals surface area contributed by atoms with E-state index in [0.29, 0.717) is 24.6 Å². The maximum atomic E-state index is 12.6. The molecule has 32 heavy (non-hydrogen) atoms. The Morgan fingerprint density at radius 1 is 1.22 bits per heavy atom. The van der Waals surface area contributed by atoms with Crippen LogP contribution in [0.4, 0.5) is 5.82 Å². The van der Waals surface area contributed by atoms with E-state index >= 15 is 0 Å². The van der Waals surface area contributed by atoms with Crippen LogP contribution in [0, 0.1) is 0 Å². The van der Waals surface area contributed by atoms with Crippen LogP contribution in [0.5, 0.6) is 11.5 Å². The number of rotatable bonds is 7. The van der Waals surface area contributed by atoms with Gasteiger partial charge >= 0.3 is 0 Å². The Labute approximate surface area is 190 Å². The molecule has 4 heterocycles. The second-order valence-electron chi connectivity index (χ2n) is 7.72. The van der Waals surface area contributed by atoms with Crippen molar-refractivity contribution in [3.63, 3.8) is 0 Å². The number of hydrogen-bond acceptors (Lipinski definition) is 8. The van der Waals surface area contributed by atoms with Crippen molar-refractivity contribution in [2.75, 3.05) is 36.9 Å². The second kappa shape index (κ2) is 9.23. The molecule has 2 aliphatic heterocycles. The highest BCUT2D eigenvalue weighted by Gasteiger charge is 2.27. The highest BCUT2D eigenvalue weighted by atomic mass is 32.2. The van der Waals surface area contributed by atoms with Crippen LogP contribution in [-0.4, -0.2) is 63.8 Å². The third-order valence-corrected chi connectivity index (χ3v) is 6.29. The number of anilines is 1. The van der Waals surface area contributed by atoms with Crippen LogP contribution in [0.25, 0.3) is 11.0 Å². The molecule has 1 amide bonds. The standard InChI is InChI=1S/C22H26N6O3S/c1-2-32-22-25-19(27-10-5-6-11-27)15-13-24-28(20(15)26-22)12-9-23-21(29)18-14-30-16-7-3-4-8-17(16)31-18/h3-4,7-8,13,18H,2,5-6,9-12,14H2,1H3,(H,23,29). The first-order valence-electron chi connectivity index (χ1n) is 11.0. The molecule has 1 aromatic carbocycles. The molecular formula is C22H26N6O3S. The fourth-order valence-electron chi connectivity index (χ4n) is 4.00. The number of hydrogen-bond donors (Lipinski definition) is 1. The Morgan fingerprint density at radius 2 is 2.03 bits per heavy atom. The van der Waals surface area contributed by atoms with E-state index in [1.807, 2.05) is 29.1 Å². The van der Waals surface area contributed by atoms with Gasteiger partial charge in [-0.2, -0.15) is 5.10 Å². The Kier molecular flexibility index (Phi) is 6.02. The lowest BCUT2D eigenvalue weighted by Gasteiger charge is -2.25. The SMILES string of the molecule is CCSc1nc(N2CCCC2)c2cnn(CCNC(=O)C3COc4ccccc4O3)c2n1. The third-order valence-electron chi connectivity index (χ3n) is 5.56. The minimum Gasteiger partial charge on any atom is -0.485 e. The van der Waals surface area contributed by atoms with Crippen LogP contribution in [0.3, 0.4) is 0 Å². The van der Waals surface area contributed by atoms with E-state index in [1.54, 1.807) is 17.8 Å². The van der Waals surface area contributed by atoms with Gasteiger partial charge < -0.3 is 19.7 Å². The van der Waals surface area contributed by atoms with Gasteiger partial charge in [0.05, 0.1) is 18.1 Å². The summed E-state index contributed by atoms with van der Waals surface area (Å²) >= 11 is 1.63. The average Bonchev–Trinajstić information content (AvgIpc) is 3.49. The number of carbonyl (C=O) groups is 1. The first-order valence-corrected chi connectivity index (χ1v) is 12.0. The Balaban J connectivity index is 1.27. The summed E-state index contributed by atoms with van der Waals surface area (Å²) in [7, 11) is 0. The third kappa shape index (κ3) is 4.19. The van der Waals surface area contributed by atoms with Gasteiger partial charge in [0.25, 0.3) is 5.91 Å². The maximum Gasteiger partial charge on any atom is 0.264 e. The second-order valence-corrected chi connectivity index (χ2v) is 8.95. The van der Waals surface area contributed by atoms with E-state index in [4.69, 9.17) is 19.4 Å². The van der Waals surface area contributed by atoms with Crippen LogP contribution in [0.2, 0.25) is 0 Å². The quantitative estimate of drug-likeness (QED) is 0.430. The zero-order valence-electron chi connectivity index (χ0n) is 18.0. The molecule has 3 aromatic rings. The fraction of sp³-hybridized carbons (Fsp3) is 0.455. The summed E-state index contributed by atoms with van der Waals surface area (Å²) in [6, 6.07) is 7.36. The Morgan fingerprint density at radius 3 is 2.84 bits per heavy atom. The predicted octanol–water partition coefficient (Wildman–Crippen LogP) is 2.49. The zero-order chi connectivity index (χ0) is 21.9. The first kappa shape index (κ1) is 20.9. The molecule has 0 bridgehead atoms. The van der Waals surface area contributed by atoms with E-state index in [9.17, 15) is 4.79 Å². The largest absolute Gasteiger partial charge is 0.485 e. The van der Waals surface area contributed by atoms with Crippen molar-refractivity contribution in [2.45, 2.75) is 37.6 Å². The maximum absolute atomic E-state index is 12.6. The molecule has 9 nitrogen and oxygen atoms in total. The molecule has 1 fully saturated rings. The van der Waals surface area contributed by atoms with E-state index in [-0.39, 0.29) is 12.5 Å². The van der Waals surface area contributed by atoms with Crippen molar-refractivity contribution in [3.05, 3.63) is 30.5 Å². The molecule has 10 heteroatoms. The summed E-state index contributed by atoms with van der Waals surface area (Å²) in [5.74, 6) is 2.91. The van der Waals surface area contributed by atoms with Gasteiger partial charge in [0, 0.05) is 19.6 Å². The summed E-state index contributed by atoms with van der Waals surface area (Å²) in [6.07, 6.45) is 3.52. The number of nitrogens with one attached hydrogen (secondary N) is 1. The van der Waals surface area contributed by atoms with Crippen molar-refractivity contribution in [3.8, 4) is 11.5 Å². The molecule has 0 saturated carbocycles. The number of aromatic nitrogens is 4. The summed E-state index contributed by atoms with van der Waals surface area (Å²) in [5.41, 5.74) is 0.804. The molecule has 0 radical (unpaired) electrons. The van der Waals surface area contributed by atoms with Gasteiger partial charge in [0.1, 0.15) is 12.4 Å². The number of ether oxygens (including phenoxy) is 2. The topological polar surface area (TPSA) is 94.4 Å². The Bertz CT molecular complexity index is 1110. The molecule has 5 rings (SSSR count). The molecule has 0 spiro atoms. The van der Waals surface area contributed by atoms with Gasteiger partial charge in [-0.25, -0.2) is 14.6 Å². The lowest BCUT2D eigenvalue weighted by Crippen LogP contribution is -2.44. The molecule has 2 aliphatic rings. The van der Waals surface area contributed by atoms with Crippen LogP contribution in [0.15, 0.2) is 35.6 Å². The minimum atomic E-state index is -0.670. The highest BCUT2D eigenvalue weighted by Crippen LogP contribution is 2.31. The monoisotopic (exact) mass is 454 g/mol. The summed E-state index contributed by atoms with van der Waals surface area (Å²) in [5, 5.41) is 9.19. The van der Waals surface area contributed by atoms with Gasteiger partial charge in [0.2, 0.25) is 6.10 Å². The summed E-state index contributed by atoms with van der Waals surface area (Å²) < 4.78 is 13.3. The van der Waals surface area contributed by atoms with Gasteiger partial charge in [-0.15, -0.1) is 0 Å². The van der Waals surface area contributed by atoms with Gasteiger partial charge in [-0.05, 0) is 30.7 Å². The lowest BCUT2D eigenvalue weighted by atomic mass is 10.2. The van der Waals surface area contributed by atoms with Gasteiger partial charge in [-0.3, -0.25) is 4.79 Å². The molecule has 1 N–H and O–H groups in total. The van der Waals surface area contributed by atoms with E-state index in [0.717, 1.165) is 40.9 Å². The average molecular weight is 455 g/mol. The molecule has 1 atom stereocenters. The summed E-state index contributed by atoms with van der Waals surface area (Å²) in [4.78, 5) is 24.4.